The third-order valence-electron chi connectivity index (χ3n) is 6.03. The van der Waals surface area contributed by atoms with Crippen molar-refractivity contribution in [1.82, 2.24) is 9.88 Å². The number of oxazole rings is 1. The molecular weight excluding hydrogens is 418 g/mol. The summed E-state index contributed by atoms with van der Waals surface area (Å²) in [6, 6.07) is 13.9. The molecule has 0 N–H and O–H groups in total. The van der Waals surface area contributed by atoms with Crippen molar-refractivity contribution in [1.29, 1.82) is 0 Å². The molecule has 1 aromatic heterocycles. The van der Waals surface area contributed by atoms with Crippen LogP contribution < -0.4 is 4.90 Å². The summed E-state index contributed by atoms with van der Waals surface area (Å²) in [6.07, 6.45) is 2.14. The van der Waals surface area contributed by atoms with Crippen LogP contribution in [0, 0.1) is 5.41 Å². The number of imide groups is 1. The van der Waals surface area contributed by atoms with Gasteiger partial charge in [0.05, 0.1) is 12.1 Å². The van der Waals surface area contributed by atoms with E-state index < -0.39 is 6.04 Å². The molecule has 1 saturated carbocycles. The fraction of sp³-hybridized carbons (Fsp3) is 0.385. The van der Waals surface area contributed by atoms with Crippen molar-refractivity contribution in [2.24, 2.45) is 5.41 Å². The minimum atomic E-state index is -0.725. The zero-order chi connectivity index (χ0) is 23.3. The van der Waals surface area contributed by atoms with E-state index in [4.69, 9.17) is 4.42 Å². The highest BCUT2D eigenvalue weighted by atomic mass is 16.3. The maximum Gasteiger partial charge on any atom is 0.257 e. The molecule has 1 aliphatic heterocycles. The molecule has 1 saturated heterocycles. The van der Waals surface area contributed by atoms with Crippen molar-refractivity contribution in [2.45, 2.75) is 58.5 Å². The molecule has 2 fully saturated rings. The average Bonchev–Trinajstić information content (AvgIpc) is 3.41. The number of aromatic nitrogens is 1. The van der Waals surface area contributed by atoms with Crippen LogP contribution in [-0.4, -0.2) is 39.7 Å². The second kappa shape index (κ2) is 7.83. The van der Waals surface area contributed by atoms with E-state index in [9.17, 15) is 14.4 Å². The number of hydrogen-bond donors (Lipinski definition) is 0. The van der Waals surface area contributed by atoms with E-state index >= 15 is 0 Å². The van der Waals surface area contributed by atoms with Crippen LogP contribution in [0.1, 0.15) is 46.5 Å². The molecule has 1 unspecified atom stereocenters. The highest BCUT2D eigenvalue weighted by Crippen LogP contribution is 2.36. The van der Waals surface area contributed by atoms with Gasteiger partial charge in [0.25, 0.3) is 5.91 Å². The molecule has 1 atom stereocenters. The van der Waals surface area contributed by atoms with Crippen LogP contribution in [0.4, 0.5) is 5.69 Å². The molecule has 0 spiro atoms. The lowest BCUT2D eigenvalue weighted by Gasteiger charge is -2.30. The van der Waals surface area contributed by atoms with E-state index in [0.29, 0.717) is 23.6 Å². The largest absolute Gasteiger partial charge is 0.436 e. The first-order valence-corrected chi connectivity index (χ1v) is 11.4. The quantitative estimate of drug-likeness (QED) is 0.538. The molecule has 2 aromatic carbocycles. The van der Waals surface area contributed by atoms with E-state index in [1.165, 1.54) is 4.90 Å². The van der Waals surface area contributed by atoms with Crippen LogP contribution in [0.25, 0.3) is 22.6 Å². The second-order valence-corrected chi connectivity index (χ2v) is 10.1. The topological polar surface area (TPSA) is 83.7 Å². The number of carbonyl (C=O) groups excluding carboxylic acids is 3. The van der Waals surface area contributed by atoms with Gasteiger partial charge in [0.15, 0.2) is 5.58 Å². The Balaban J connectivity index is 1.38. The van der Waals surface area contributed by atoms with Gasteiger partial charge in [0.1, 0.15) is 11.6 Å². The fourth-order valence-electron chi connectivity index (χ4n) is 4.38. The number of carbonyl (C=O) groups is 3. The van der Waals surface area contributed by atoms with E-state index in [-0.39, 0.29) is 35.6 Å². The number of amides is 3. The molecule has 0 bridgehead atoms. The van der Waals surface area contributed by atoms with Gasteiger partial charge in [-0.1, -0.05) is 32.9 Å². The van der Waals surface area contributed by atoms with Gasteiger partial charge >= 0.3 is 0 Å². The minimum Gasteiger partial charge on any atom is -0.436 e. The molecule has 3 amide bonds. The number of fused-ring (bicyclic) bond motifs is 1. The Morgan fingerprint density at radius 2 is 1.79 bits per heavy atom. The van der Waals surface area contributed by atoms with Gasteiger partial charge in [-0.3, -0.25) is 14.4 Å². The Labute approximate surface area is 192 Å². The Hall–Kier alpha value is -3.48. The zero-order valence-corrected chi connectivity index (χ0v) is 19.1. The highest BCUT2D eigenvalue weighted by Gasteiger charge is 2.49. The van der Waals surface area contributed by atoms with Crippen molar-refractivity contribution in [2.75, 3.05) is 4.90 Å². The van der Waals surface area contributed by atoms with Crippen molar-refractivity contribution >= 4 is 34.5 Å². The lowest BCUT2D eigenvalue weighted by molar-refractivity contribution is -0.140. The number of nitrogens with zero attached hydrogens (tertiary/aromatic N) is 3. The van der Waals surface area contributed by atoms with Gasteiger partial charge in [-0.2, -0.15) is 0 Å². The predicted molar refractivity (Wildman–Crippen MR) is 124 cm³/mol. The number of rotatable bonds is 5. The number of benzene rings is 2. The second-order valence-electron chi connectivity index (χ2n) is 10.1. The van der Waals surface area contributed by atoms with Crippen molar-refractivity contribution < 1.29 is 18.8 Å². The van der Waals surface area contributed by atoms with E-state index in [1.807, 2.05) is 45.0 Å². The van der Waals surface area contributed by atoms with Gasteiger partial charge in [-0.05, 0) is 54.7 Å². The summed E-state index contributed by atoms with van der Waals surface area (Å²) < 4.78 is 5.81. The first kappa shape index (κ1) is 21.4. The molecule has 1 aliphatic carbocycles. The minimum absolute atomic E-state index is 0.0259. The summed E-state index contributed by atoms with van der Waals surface area (Å²) in [7, 11) is 0. The van der Waals surface area contributed by atoms with Gasteiger partial charge in [0, 0.05) is 18.0 Å². The van der Waals surface area contributed by atoms with Gasteiger partial charge in [-0.15, -0.1) is 0 Å². The monoisotopic (exact) mass is 445 g/mol. The Bertz CT molecular complexity index is 1200. The van der Waals surface area contributed by atoms with E-state index in [2.05, 4.69) is 4.98 Å². The summed E-state index contributed by atoms with van der Waals surface area (Å²) in [5, 5.41) is 0. The zero-order valence-electron chi connectivity index (χ0n) is 19.1. The first-order valence-electron chi connectivity index (χ1n) is 11.4. The molecule has 3 aromatic rings. The Morgan fingerprint density at radius 3 is 2.42 bits per heavy atom. The summed E-state index contributed by atoms with van der Waals surface area (Å²) in [5.41, 5.74) is 2.53. The van der Waals surface area contributed by atoms with Crippen molar-refractivity contribution in [3.8, 4) is 11.5 Å². The van der Waals surface area contributed by atoms with Crippen LogP contribution in [0.5, 0.6) is 0 Å². The molecule has 5 rings (SSSR count). The average molecular weight is 446 g/mol. The van der Waals surface area contributed by atoms with E-state index in [1.54, 1.807) is 29.2 Å². The lowest BCUT2D eigenvalue weighted by atomic mass is 9.91. The first-order chi connectivity index (χ1) is 15.7. The smallest absolute Gasteiger partial charge is 0.257 e. The number of para-hydroxylation sites is 2. The Morgan fingerprint density at radius 1 is 1.09 bits per heavy atom. The molecule has 7 heteroatoms. The van der Waals surface area contributed by atoms with E-state index in [0.717, 1.165) is 23.9 Å². The van der Waals surface area contributed by atoms with Crippen molar-refractivity contribution in [3.05, 3.63) is 48.5 Å². The summed E-state index contributed by atoms with van der Waals surface area (Å²) in [6.45, 7) is 6.01. The lowest BCUT2D eigenvalue weighted by Crippen LogP contribution is -2.47. The summed E-state index contributed by atoms with van der Waals surface area (Å²) in [5.74, 6) is -0.186. The standard InChI is InChI=1S/C26H27N3O4/c1-26(2,3)15-23(31)28(17-12-13-17)20-14-22(30)29(25(20)32)18-10-8-16(9-11-18)24-27-19-6-4-5-7-21(19)33-24/h4-11,17,20H,12-15H2,1-3H3. The maximum atomic E-state index is 13.3. The highest BCUT2D eigenvalue weighted by molar-refractivity contribution is 6.23. The van der Waals surface area contributed by atoms with Crippen LogP contribution in [0.3, 0.4) is 0 Å². The normalized spacial score (nSPS) is 18.9. The Kier molecular flexibility index (Phi) is 5.07. The third-order valence-corrected chi connectivity index (χ3v) is 6.03. The number of hydrogen-bond acceptors (Lipinski definition) is 5. The summed E-state index contributed by atoms with van der Waals surface area (Å²) in [4.78, 5) is 46.6. The van der Waals surface area contributed by atoms with Crippen LogP contribution in [0.2, 0.25) is 0 Å². The maximum absolute atomic E-state index is 13.3. The van der Waals surface area contributed by atoms with Crippen LogP contribution in [0.15, 0.2) is 52.9 Å². The van der Waals surface area contributed by atoms with Gasteiger partial charge in [0.2, 0.25) is 17.7 Å². The molecule has 33 heavy (non-hydrogen) atoms. The predicted octanol–water partition coefficient (Wildman–Crippen LogP) is 4.55. The number of anilines is 1. The van der Waals surface area contributed by atoms with Crippen LogP contribution >= 0.6 is 0 Å². The van der Waals surface area contributed by atoms with Gasteiger partial charge in [-0.25, -0.2) is 9.88 Å². The molecule has 0 radical (unpaired) electrons. The van der Waals surface area contributed by atoms with Crippen LogP contribution in [-0.2, 0) is 14.4 Å². The molecule has 170 valence electrons. The SMILES string of the molecule is CC(C)(C)CC(=O)N(C1CC1)C1CC(=O)N(c2ccc(-c3nc4ccccc4o3)cc2)C1=O. The third kappa shape index (κ3) is 4.15. The fourth-order valence-corrected chi connectivity index (χ4v) is 4.38. The molecule has 2 heterocycles. The van der Waals surface area contributed by atoms with Gasteiger partial charge < -0.3 is 9.32 Å². The summed E-state index contributed by atoms with van der Waals surface area (Å²) >= 11 is 0. The molecule has 2 aliphatic rings. The van der Waals surface area contributed by atoms with Crippen molar-refractivity contribution in [3.63, 3.8) is 0 Å². The molecular formula is C26H27N3O4. The molecule has 7 nitrogen and oxygen atoms in total.